The van der Waals surface area contributed by atoms with Crippen molar-refractivity contribution in [3.05, 3.63) is 57.5 Å². The number of hydrogen-bond donors (Lipinski definition) is 1. The second-order valence-electron chi connectivity index (χ2n) is 6.58. The first-order valence-electron chi connectivity index (χ1n) is 8.61. The summed E-state index contributed by atoms with van der Waals surface area (Å²) in [6.07, 6.45) is 0.292. The Labute approximate surface area is 153 Å². The van der Waals surface area contributed by atoms with Crippen molar-refractivity contribution in [1.82, 2.24) is 4.90 Å². The standard InChI is InChI=1S/C19H25N3O4/c1-13(2)21(12-16-9-8-14(3)26-16)11-10-19(23)20-17-6-5-7-18(15(17)4)22(24)25/h5-9,13H,10-12H2,1-4H3,(H,20,23). The number of furan rings is 1. The molecule has 0 saturated heterocycles. The molecule has 2 aromatic rings. The van der Waals surface area contributed by atoms with Crippen molar-refractivity contribution in [3.63, 3.8) is 0 Å². The molecule has 0 spiro atoms. The predicted octanol–water partition coefficient (Wildman–Crippen LogP) is 4.04. The van der Waals surface area contributed by atoms with E-state index in [-0.39, 0.29) is 17.6 Å². The van der Waals surface area contributed by atoms with E-state index in [1.807, 2.05) is 19.1 Å². The average molecular weight is 359 g/mol. The lowest BCUT2D eigenvalue weighted by Gasteiger charge is -2.25. The first-order chi connectivity index (χ1) is 12.3. The van der Waals surface area contributed by atoms with Crippen LogP contribution in [0.4, 0.5) is 11.4 Å². The summed E-state index contributed by atoms with van der Waals surface area (Å²) in [4.78, 5) is 25.0. The fourth-order valence-electron chi connectivity index (χ4n) is 2.70. The van der Waals surface area contributed by atoms with Crippen LogP contribution in [0.3, 0.4) is 0 Å². The summed E-state index contributed by atoms with van der Waals surface area (Å²) in [5.41, 5.74) is 0.930. The summed E-state index contributed by atoms with van der Waals surface area (Å²) in [7, 11) is 0. The van der Waals surface area contributed by atoms with E-state index < -0.39 is 4.92 Å². The van der Waals surface area contributed by atoms with Gasteiger partial charge < -0.3 is 9.73 Å². The largest absolute Gasteiger partial charge is 0.465 e. The van der Waals surface area contributed by atoms with Gasteiger partial charge in [0.15, 0.2) is 0 Å². The third kappa shape index (κ3) is 5.16. The molecule has 0 aliphatic rings. The van der Waals surface area contributed by atoms with E-state index in [2.05, 4.69) is 24.1 Å². The molecule has 0 atom stereocenters. The number of rotatable bonds is 8. The highest BCUT2D eigenvalue weighted by Crippen LogP contribution is 2.25. The molecule has 0 aliphatic carbocycles. The number of benzene rings is 1. The molecule has 0 aliphatic heterocycles. The minimum atomic E-state index is -0.448. The molecule has 1 heterocycles. The minimum Gasteiger partial charge on any atom is -0.465 e. The Morgan fingerprint density at radius 3 is 2.58 bits per heavy atom. The predicted molar refractivity (Wildman–Crippen MR) is 100 cm³/mol. The monoisotopic (exact) mass is 359 g/mol. The molecule has 7 nitrogen and oxygen atoms in total. The maximum absolute atomic E-state index is 12.3. The van der Waals surface area contributed by atoms with E-state index >= 15 is 0 Å². The Morgan fingerprint density at radius 1 is 1.27 bits per heavy atom. The molecule has 1 amide bonds. The van der Waals surface area contributed by atoms with Gasteiger partial charge in [-0.1, -0.05) is 6.07 Å². The summed E-state index contributed by atoms with van der Waals surface area (Å²) in [5, 5.41) is 13.8. The normalized spacial score (nSPS) is 11.2. The lowest BCUT2D eigenvalue weighted by molar-refractivity contribution is -0.385. The second-order valence-corrected chi connectivity index (χ2v) is 6.58. The second kappa shape index (κ2) is 8.62. The van der Waals surface area contributed by atoms with Crippen molar-refractivity contribution >= 4 is 17.3 Å². The van der Waals surface area contributed by atoms with Gasteiger partial charge in [0.05, 0.1) is 22.7 Å². The van der Waals surface area contributed by atoms with Gasteiger partial charge in [-0.3, -0.25) is 19.8 Å². The van der Waals surface area contributed by atoms with Crippen LogP contribution in [0.5, 0.6) is 0 Å². The first-order valence-corrected chi connectivity index (χ1v) is 8.61. The third-order valence-electron chi connectivity index (χ3n) is 4.29. The number of hydrogen-bond acceptors (Lipinski definition) is 5. The molecule has 0 saturated carbocycles. The Bertz CT molecular complexity index is 783. The number of nitro groups is 1. The maximum atomic E-state index is 12.3. The lowest BCUT2D eigenvalue weighted by Crippen LogP contribution is -2.33. The summed E-state index contributed by atoms with van der Waals surface area (Å²) >= 11 is 0. The van der Waals surface area contributed by atoms with Gasteiger partial charge in [-0.25, -0.2) is 0 Å². The van der Waals surface area contributed by atoms with Crippen molar-refractivity contribution in [2.24, 2.45) is 0 Å². The molecule has 1 aromatic heterocycles. The van der Waals surface area contributed by atoms with Gasteiger partial charge in [-0.05, 0) is 45.9 Å². The van der Waals surface area contributed by atoms with E-state index in [4.69, 9.17) is 4.42 Å². The van der Waals surface area contributed by atoms with Crippen LogP contribution in [0.25, 0.3) is 0 Å². The van der Waals surface area contributed by atoms with Crippen LogP contribution in [-0.4, -0.2) is 28.3 Å². The molecular weight excluding hydrogens is 334 g/mol. The quantitative estimate of drug-likeness (QED) is 0.567. The highest BCUT2D eigenvalue weighted by Gasteiger charge is 2.17. The first kappa shape index (κ1) is 19.7. The number of carbonyl (C=O) groups excluding carboxylic acids is 1. The van der Waals surface area contributed by atoms with Gasteiger partial charge in [0, 0.05) is 25.1 Å². The molecule has 26 heavy (non-hydrogen) atoms. The Morgan fingerprint density at radius 2 is 2.00 bits per heavy atom. The Balaban J connectivity index is 1.96. The third-order valence-corrected chi connectivity index (χ3v) is 4.29. The minimum absolute atomic E-state index is 0.000189. The number of nitrogens with zero attached hydrogens (tertiary/aromatic N) is 2. The van der Waals surface area contributed by atoms with Crippen LogP contribution in [-0.2, 0) is 11.3 Å². The zero-order valence-electron chi connectivity index (χ0n) is 15.6. The Kier molecular flexibility index (Phi) is 6.52. The fraction of sp³-hybridized carbons (Fsp3) is 0.421. The van der Waals surface area contributed by atoms with Gasteiger partial charge in [-0.15, -0.1) is 0 Å². The van der Waals surface area contributed by atoms with Crippen molar-refractivity contribution in [1.29, 1.82) is 0 Å². The zero-order valence-corrected chi connectivity index (χ0v) is 15.6. The van der Waals surface area contributed by atoms with E-state index in [1.165, 1.54) is 6.07 Å². The van der Waals surface area contributed by atoms with Crippen molar-refractivity contribution in [2.45, 2.75) is 46.7 Å². The molecule has 140 valence electrons. The number of anilines is 1. The van der Waals surface area contributed by atoms with Crippen LogP contribution in [0.1, 0.15) is 37.4 Å². The zero-order chi connectivity index (χ0) is 19.3. The molecule has 0 unspecified atom stereocenters. The van der Waals surface area contributed by atoms with Crippen LogP contribution in [0, 0.1) is 24.0 Å². The van der Waals surface area contributed by atoms with Crippen molar-refractivity contribution in [2.75, 3.05) is 11.9 Å². The summed E-state index contributed by atoms with van der Waals surface area (Å²) in [5.74, 6) is 1.56. The SMILES string of the molecule is Cc1ccc(CN(CCC(=O)Nc2cccc([N+](=O)[O-])c2C)C(C)C)o1. The molecule has 1 aromatic carbocycles. The van der Waals surface area contributed by atoms with Gasteiger partial charge in [0.2, 0.25) is 5.91 Å². The highest BCUT2D eigenvalue weighted by atomic mass is 16.6. The van der Waals surface area contributed by atoms with Crippen LogP contribution in [0.2, 0.25) is 0 Å². The van der Waals surface area contributed by atoms with Crippen LogP contribution in [0.15, 0.2) is 34.7 Å². The van der Waals surface area contributed by atoms with Crippen LogP contribution >= 0.6 is 0 Å². The van der Waals surface area contributed by atoms with E-state index in [0.29, 0.717) is 30.8 Å². The van der Waals surface area contributed by atoms with Crippen molar-refractivity contribution in [3.8, 4) is 0 Å². The molecule has 0 radical (unpaired) electrons. The van der Waals surface area contributed by atoms with Crippen molar-refractivity contribution < 1.29 is 14.1 Å². The summed E-state index contributed by atoms with van der Waals surface area (Å²) < 4.78 is 5.61. The Hall–Kier alpha value is -2.67. The number of aryl methyl sites for hydroxylation is 1. The number of nitro benzene ring substituents is 1. The lowest BCUT2D eigenvalue weighted by atomic mass is 10.1. The smallest absolute Gasteiger partial charge is 0.274 e. The maximum Gasteiger partial charge on any atom is 0.274 e. The number of carbonyl (C=O) groups is 1. The molecule has 1 N–H and O–H groups in total. The topological polar surface area (TPSA) is 88.6 Å². The van der Waals surface area contributed by atoms with E-state index in [1.54, 1.807) is 19.1 Å². The van der Waals surface area contributed by atoms with E-state index in [0.717, 1.165) is 11.5 Å². The van der Waals surface area contributed by atoms with Gasteiger partial charge in [0.1, 0.15) is 11.5 Å². The molecular formula is C19H25N3O4. The highest BCUT2D eigenvalue weighted by molar-refractivity contribution is 5.92. The van der Waals surface area contributed by atoms with E-state index in [9.17, 15) is 14.9 Å². The molecule has 2 rings (SSSR count). The average Bonchev–Trinajstić information content (AvgIpc) is 2.98. The summed E-state index contributed by atoms with van der Waals surface area (Å²) in [6.45, 7) is 8.87. The number of amides is 1. The summed E-state index contributed by atoms with van der Waals surface area (Å²) in [6, 6.07) is 8.79. The van der Waals surface area contributed by atoms with Gasteiger partial charge in [-0.2, -0.15) is 0 Å². The number of nitrogens with one attached hydrogen (secondary N) is 1. The van der Waals surface area contributed by atoms with Crippen LogP contribution < -0.4 is 5.32 Å². The molecule has 7 heteroatoms. The van der Waals surface area contributed by atoms with Gasteiger partial charge >= 0.3 is 0 Å². The fourth-order valence-corrected chi connectivity index (χ4v) is 2.70. The molecule has 0 bridgehead atoms. The van der Waals surface area contributed by atoms with Gasteiger partial charge in [0.25, 0.3) is 5.69 Å². The molecule has 0 fully saturated rings.